The lowest BCUT2D eigenvalue weighted by Gasteiger charge is -2.14. The van der Waals surface area contributed by atoms with Crippen LogP contribution in [0.5, 0.6) is 5.75 Å². The number of nitrogens with one attached hydrogen (secondary N) is 2. The van der Waals surface area contributed by atoms with Crippen LogP contribution in [0.2, 0.25) is 0 Å². The van der Waals surface area contributed by atoms with Gasteiger partial charge in [-0.3, -0.25) is 9.78 Å². The second kappa shape index (κ2) is 10.9. The average molecular weight is 444 g/mol. The molecule has 8 nitrogen and oxygen atoms in total. The normalized spacial score (nSPS) is 11.0. The van der Waals surface area contributed by atoms with Crippen molar-refractivity contribution in [2.45, 2.75) is 0 Å². The lowest BCUT2D eigenvalue weighted by molar-refractivity contribution is -0.111. The van der Waals surface area contributed by atoms with E-state index in [0.717, 1.165) is 11.3 Å². The molecule has 3 rings (SSSR count). The van der Waals surface area contributed by atoms with E-state index in [-0.39, 0.29) is 18.0 Å². The number of pyridine rings is 1. The highest BCUT2D eigenvalue weighted by atomic mass is 16.3. The number of phenolic OH excluding ortho intramolecular Hbond substituents is 1. The molecule has 0 aliphatic heterocycles. The van der Waals surface area contributed by atoms with Crippen LogP contribution in [-0.4, -0.2) is 52.7 Å². The maximum Gasteiger partial charge on any atom is 0.248 e. The third-order valence-corrected chi connectivity index (χ3v) is 4.92. The Morgan fingerprint density at radius 2 is 2.15 bits per heavy atom. The summed E-state index contributed by atoms with van der Waals surface area (Å²) in [7, 11) is 1.83. The SMILES string of the molecule is C=Cc1cccc(Nc2c(C#N)cnc3cc(O)c(NC(=O)/C=C/CN(C)CCO)cc23)c1. The highest BCUT2D eigenvalue weighted by Gasteiger charge is 2.14. The third kappa shape index (κ3) is 5.95. The van der Waals surface area contributed by atoms with Gasteiger partial charge in [0.1, 0.15) is 11.8 Å². The number of aromatic nitrogens is 1. The van der Waals surface area contributed by atoms with Crippen molar-refractivity contribution in [1.29, 1.82) is 5.26 Å². The van der Waals surface area contributed by atoms with Gasteiger partial charge < -0.3 is 25.7 Å². The molecular weight excluding hydrogens is 418 g/mol. The molecule has 0 spiro atoms. The molecule has 0 aliphatic carbocycles. The van der Waals surface area contributed by atoms with E-state index in [1.807, 2.05) is 36.2 Å². The molecule has 2 aromatic carbocycles. The maximum absolute atomic E-state index is 12.3. The smallest absolute Gasteiger partial charge is 0.248 e. The molecule has 168 valence electrons. The van der Waals surface area contributed by atoms with Crippen LogP contribution in [0.3, 0.4) is 0 Å². The van der Waals surface area contributed by atoms with E-state index < -0.39 is 5.91 Å². The molecule has 0 aliphatic rings. The summed E-state index contributed by atoms with van der Waals surface area (Å²) in [6.07, 6.45) is 6.19. The molecule has 1 heterocycles. The summed E-state index contributed by atoms with van der Waals surface area (Å²) in [5.41, 5.74) is 3.17. The zero-order valence-corrected chi connectivity index (χ0v) is 18.2. The molecule has 3 aromatic rings. The number of hydrogen-bond donors (Lipinski definition) is 4. The van der Waals surface area contributed by atoms with E-state index in [1.165, 1.54) is 18.3 Å². The number of nitriles is 1. The van der Waals surface area contributed by atoms with Crippen LogP contribution in [0.25, 0.3) is 17.0 Å². The molecule has 1 aromatic heterocycles. The maximum atomic E-state index is 12.3. The van der Waals surface area contributed by atoms with Gasteiger partial charge in [-0.2, -0.15) is 5.26 Å². The molecular formula is C25H25N5O3. The van der Waals surface area contributed by atoms with Gasteiger partial charge >= 0.3 is 0 Å². The van der Waals surface area contributed by atoms with Gasteiger partial charge in [0.2, 0.25) is 5.91 Å². The number of carbonyl (C=O) groups is 1. The quantitative estimate of drug-likeness (QED) is 0.294. The highest BCUT2D eigenvalue weighted by Crippen LogP contribution is 2.35. The fraction of sp³-hybridized carbons (Fsp3) is 0.160. The number of aromatic hydroxyl groups is 1. The van der Waals surface area contributed by atoms with E-state index >= 15 is 0 Å². The topological polar surface area (TPSA) is 122 Å². The van der Waals surface area contributed by atoms with Crippen LogP contribution in [0.4, 0.5) is 17.1 Å². The van der Waals surface area contributed by atoms with Crippen LogP contribution in [-0.2, 0) is 4.79 Å². The number of benzene rings is 2. The van der Waals surface area contributed by atoms with Crippen molar-refractivity contribution in [1.82, 2.24) is 9.88 Å². The molecule has 4 N–H and O–H groups in total. The Balaban J connectivity index is 1.93. The summed E-state index contributed by atoms with van der Waals surface area (Å²) in [4.78, 5) is 18.5. The second-order valence-electron chi connectivity index (χ2n) is 7.38. The third-order valence-electron chi connectivity index (χ3n) is 4.92. The highest BCUT2D eigenvalue weighted by molar-refractivity contribution is 6.04. The Bertz CT molecular complexity index is 1250. The first-order valence-corrected chi connectivity index (χ1v) is 10.3. The van der Waals surface area contributed by atoms with Crippen molar-refractivity contribution >= 4 is 39.9 Å². The van der Waals surface area contributed by atoms with Gasteiger partial charge in [0.05, 0.1) is 29.1 Å². The van der Waals surface area contributed by atoms with E-state index in [4.69, 9.17) is 5.11 Å². The Hall–Kier alpha value is -4.19. The number of anilines is 3. The largest absolute Gasteiger partial charge is 0.506 e. The summed E-state index contributed by atoms with van der Waals surface area (Å²) in [5, 5.41) is 35.4. The fourth-order valence-corrected chi connectivity index (χ4v) is 3.21. The number of aliphatic hydroxyl groups excluding tert-OH is 1. The number of likely N-dealkylation sites (N-methyl/N-ethyl adjacent to an activating group) is 1. The minimum absolute atomic E-state index is 0.0362. The first-order chi connectivity index (χ1) is 15.9. The van der Waals surface area contributed by atoms with E-state index in [2.05, 4.69) is 28.3 Å². The lowest BCUT2D eigenvalue weighted by atomic mass is 10.1. The number of nitrogens with zero attached hydrogens (tertiary/aromatic N) is 3. The molecule has 0 unspecified atom stereocenters. The molecule has 8 heteroatoms. The van der Waals surface area contributed by atoms with Gasteiger partial charge in [-0.25, -0.2) is 0 Å². The van der Waals surface area contributed by atoms with Gasteiger partial charge in [-0.15, -0.1) is 0 Å². The van der Waals surface area contributed by atoms with Gasteiger partial charge in [0, 0.05) is 42.5 Å². The first kappa shape index (κ1) is 23.5. The molecule has 1 amide bonds. The van der Waals surface area contributed by atoms with E-state index in [1.54, 1.807) is 18.2 Å². The number of rotatable bonds is 9. The van der Waals surface area contributed by atoms with Crippen molar-refractivity contribution in [3.63, 3.8) is 0 Å². The minimum atomic E-state index is -0.417. The van der Waals surface area contributed by atoms with Gasteiger partial charge in [-0.05, 0) is 30.8 Å². The zero-order valence-electron chi connectivity index (χ0n) is 18.2. The Morgan fingerprint density at radius 1 is 1.33 bits per heavy atom. The summed E-state index contributed by atoms with van der Waals surface area (Å²) < 4.78 is 0. The number of fused-ring (bicyclic) bond motifs is 1. The Labute approximate surface area is 192 Å². The number of phenols is 1. The second-order valence-corrected chi connectivity index (χ2v) is 7.38. The van der Waals surface area contributed by atoms with Crippen molar-refractivity contribution in [2.24, 2.45) is 0 Å². The van der Waals surface area contributed by atoms with Crippen LogP contribution < -0.4 is 10.6 Å². The first-order valence-electron chi connectivity index (χ1n) is 10.3. The monoisotopic (exact) mass is 443 g/mol. The van der Waals surface area contributed by atoms with Crippen molar-refractivity contribution in [2.75, 3.05) is 37.4 Å². The molecule has 0 radical (unpaired) electrons. The van der Waals surface area contributed by atoms with Crippen LogP contribution >= 0.6 is 0 Å². The molecule has 0 fully saturated rings. The van der Waals surface area contributed by atoms with E-state index in [9.17, 15) is 15.2 Å². The summed E-state index contributed by atoms with van der Waals surface area (Å²) in [6, 6.07) is 12.7. The standard InChI is InChI=1S/C25H25N5O3/c1-3-17-6-4-7-19(12-17)28-25-18(15-26)16-27-21-14-23(32)22(13-20(21)25)29-24(33)8-5-9-30(2)10-11-31/h3-8,12-14,16,31-32H,1,9-11H2,2H3,(H,27,28)(H,29,33)/b8-5+. The molecule has 0 saturated heterocycles. The number of carbonyl (C=O) groups excluding carboxylic acids is 1. The Kier molecular flexibility index (Phi) is 7.76. The van der Waals surface area contributed by atoms with E-state index in [0.29, 0.717) is 35.2 Å². The molecule has 0 saturated carbocycles. The average Bonchev–Trinajstić information content (AvgIpc) is 2.80. The predicted molar refractivity (Wildman–Crippen MR) is 130 cm³/mol. The predicted octanol–water partition coefficient (Wildman–Crippen LogP) is 3.62. The summed E-state index contributed by atoms with van der Waals surface area (Å²) in [6.45, 7) is 4.80. The molecule has 0 atom stereocenters. The fourth-order valence-electron chi connectivity index (χ4n) is 3.21. The Morgan fingerprint density at radius 3 is 2.88 bits per heavy atom. The van der Waals surface area contributed by atoms with Crippen LogP contribution in [0.15, 0.2) is 61.3 Å². The summed E-state index contributed by atoms with van der Waals surface area (Å²) in [5.74, 6) is -0.557. The molecule has 33 heavy (non-hydrogen) atoms. The van der Waals surface area contributed by atoms with Crippen molar-refractivity contribution in [3.05, 3.63) is 72.5 Å². The van der Waals surface area contributed by atoms with Crippen LogP contribution in [0, 0.1) is 11.3 Å². The number of amides is 1. The van der Waals surface area contributed by atoms with Crippen molar-refractivity contribution in [3.8, 4) is 11.8 Å². The summed E-state index contributed by atoms with van der Waals surface area (Å²) >= 11 is 0. The molecule has 0 bridgehead atoms. The van der Waals surface area contributed by atoms with Gasteiger partial charge in [0.25, 0.3) is 0 Å². The lowest BCUT2D eigenvalue weighted by Crippen LogP contribution is -2.22. The van der Waals surface area contributed by atoms with Crippen molar-refractivity contribution < 1.29 is 15.0 Å². The number of hydrogen-bond acceptors (Lipinski definition) is 7. The minimum Gasteiger partial charge on any atom is -0.506 e. The van der Waals surface area contributed by atoms with Gasteiger partial charge in [0.15, 0.2) is 0 Å². The van der Waals surface area contributed by atoms with Gasteiger partial charge in [-0.1, -0.05) is 30.9 Å². The zero-order chi connectivity index (χ0) is 23.8. The van der Waals surface area contributed by atoms with Crippen LogP contribution in [0.1, 0.15) is 11.1 Å². The number of aliphatic hydroxyl groups is 1.